The molecular formula is C9H14N4O. The van der Waals surface area contributed by atoms with Crippen molar-refractivity contribution in [3.8, 4) is 0 Å². The number of hydrogen-bond acceptors (Lipinski definition) is 2. The summed E-state index contributed by atoms with van der Waals surface area (Å²) in [4.78, 5) is 13.2. The van der Waals surface area contributed by atoms with Crippen molar-refractivity contribution in [3.63, 3.8) is 0 Å². The maximum Gasteiger partial charge on any atom is 0.317 e. The lowest BCUT2D eigenvalue weighted by Gasteiger charge is -2.22. The van der Waals surface area contributed by atoms with Crippen LogP contribution < -0.4 is 5.32 Å². The Labute approximate surface area is 82.7 Å². The molecule has 1 aliphatic rings. The van der Waals surface area contributed by atoms with E-state index in [1.165, 1.54) is 0 Å². The predicted molar refractivity (Wildman–Crippen MR) is 51.8 cm³/mol. The molecule has 0 radical (unpaired) electrons. The van der Waals surface area contributed by atoms with Crippen LogP contribution in [0, 0.1) is 0 Å². The van der Waals surface area contributed by atoms with Crippen molar-refractivity contribution >= 4 is 6.03 Å². The molecule has 0 saturated carbocycles. The second-order valence-electron chi connectivity index (χ2n) is 3.50. The van der Waals surface area contributed by atoms with Crippen LogP contribution in [-0.4, -0.2) is 39.8 Å². The monoisotopic (exact) mass is 194 g/mol. The van der Waals surface area contributed by atoms with Crippen LogP contribution in [0.2, 0.25) is 0 Å². The van der Waals surface area contributed by atoms with Crippen LogP contribution in [0.1, 0.15) is 6.92 Å². The molecule has 2 heterocycles. The van der Waals surface area contributed by atoms with Crippen molar-refractivity contribution in [2.45, 2.75) is 19.5 Å². The van der Waals surface area contributed by atoms with Gasteiger partial charge in [-0.3, -0.25) is 4.68 Å². The zero-order valence-electron chi connectivity index (χ0n) is 8.18. The minimum atomic E-state index is 0.0321. The molecule has 2 amide bonds. The standard InChI is InChI=1S/C9H14N4O/c1-8(7-12-5-2-3-11-12)13-6-4-10-9(13)14/h2-3,5,8H,4,6-7H2,1H3,(H,10,14). The van der Waals surface area contributed by atoms with E-state index in [1.807, 2.05) is 28.8 Å². The summed E-state index contributed by atoms with van der Waals surface area (Å²) in [6.45, 7) is 4.33. The van der Waals surface area contributed by atoms with Gasteiger partial charge in [-0.25, -0.2) is 4.79 Å². The average Bonchev–Trinajstić information content (AvgIpc) is 2.75. The summed E-state index contributed by atoms with van der Waals surface area (Å²) in [5, 5.41) is 6.90. The lowest BCUT2D eigenvalue weighted by Crippen LogP contribution is -2.38. The topological polar surface area (TPSA) is 50.2 Å². The van der Waals surface area contributed by atoms with Crippen LogP contribution in [0.15, 0.2) is 18.5 Å². The predicted octanol–water partition coefficient (Wildman–Crippen LogP) is 0.297. The van der Waals surface area contributed by atoms with Gasteiger partial charge in [-0.05, 0) is 13.0 Å². The molecule has 1 fully saturated rings. The Morgan fingerprint density at radius 2 is 2.57 bits per heavy atom. The molecule has 0 bridgehead atoms. The van der Waals surface area contributed by atoms with Gasteiger partial charge in [0.15, 0.2) is 0 Å². The molecule has 0 aliphatic carbocycles. The van der Waals surface area contributed by atoms with Crippen molar-refractivity contribution in [2.24, 2.45) is 0 Å². The van der Waals surface area contributed by atoms with Crippen molar-refractivity contribution in [2.75, 3.05) is 13.1 Å². The largest absolute Gasteiger partial charge is 0.336 e. The van der Waals surface area contributed by atoms with Gasteiger partial charge < -0.3 is 10.2 Å². The highest BCUT2D eigenvalue weighted by atomic mass is 16.2. The molecule has 0 aromatic carbocycles. The molecule has 76 valence electrons. The third-order valence-electron chi connectivity index (χ3n) is 2.43. The first-order valence-corrected chi connectivity index (χ1v) is 4.79. The highest BCUT2D eigenvalue weighted by molar-refractivity contribution is 5.76. The van der Waals surface area contributed by atoms with Crippen LogP contribution in [0.4, 0.5) is 4.79 Å². The van der Waals surface area contributed by atoms with E-state index in [-0.39, 0.29) is 12.1 Å². The van der Waals surface area contributed by atoms with Crippen LogP contribution >= 0.6 is 0 Å². The van der Waals surface area contributed by atoms with E-state index in [1.54, 1.807) is 6.20 Å². The van der Waals surface area contributed by atoms with E-state index >= 15 is 0 Å². The summed E-state index contributed by atoms with van der Waals surface area (Å²) in [5.74, 6) is 0. The number of carbonyl (C=O) groups excluding carboxylic acids is 1. The minimum Gasteiger partial charge on any atom is -0.336 e. The van der Waals surface area contributed by atoms with Crippen LogP contribution in [0.25, 0.3) is 0 Å². The van der Waals surface area contributed by atoms with Gasteiger partial charge >= 0.3 is 6.03 Å². The summed E-state index contributed by atoms with van der Waals surface area (Å²) < 4.78 is 1.84. The summed E-state index contributed by atoms with van der Waals surface area (Å²) in [6, 6.07) is 2.11. The molecule has 1 aromatic heterocycles. The molecule has 5 nitrogen and oxygen atoms in total. The minimum absolute atomic E-state index is 0.0321. The molecule has 5 heteroatoms. The van der Waals surface area contributed by atoms with Gasteiger partial charge in [-0.15, -0.1) is 0 Å². The molecule has 1 aliphatic heterocycles. The van der Waals surface area contributed by atoms with Gasteiger partial charge in [0.1, 0.15) is 0 Å². The Hall–Kier alpha value is -1.52. The second kappa shape index (κ2) is 3.69. The number of aromatic nitrogens is 2. The van der Waals surface area contributed by atoms with E-state index < -0.39 is 0 Å². The highest BCUT2D eigenvalue weighted by Crippen LogP contribution is 2.05. The summed E-state index contributed by atoms with van der Waals surface area (Å²) in [5.41, 5.74) is 0. The number of urea groups is 1. The Morgan fingerprint density at radius 1 is 1.71 bits per heavy atom. The third-order valence-corrected chi connectivity index (χ3v) is 2.43. The number of carbonyl (C=O) groups is 1. The Bertz CT molecular complexity index is 309. The summed E-state index contributed by atoms with van der Waals surface area (Å²) >= 11 is 0. The SMILES string of the molecule is CC(Cn1cccn1)N1CCNC1=O. The molecule has 2 rings (SSSR count). The van der Waals surface area contributed by atoms with Gasteiger partial charge in [0.2, 0.25) is 0 Å². The van der Waals surface area contributed by atoms with Crippen molar-refractivity contribution in [3.05, 3.63) is 18.5 Å². The number of nitrogens with one attached hydrogen (secondary N) is 1. The van der Waals surface area contributed by atoms with Gasteiger partial charge in [-0.2, -0.15) is 5.10 Å². The Kier molecular flexibility index (Phi) is 2.39. The first-order valence-electron chi connectivity index (χ1n) is 4.79. The zero-order valence-corrected chi connectivity index (χ0v) is 8.18. The van der Waals surface area contributed by atoms with E-state index in [0.717, 1.165) is 19.6 Å². The fraction of sp³-hybridized carbons (Fsp3) is 0.556. The van der Waals surface area contributed by atoms with E-state index in [0.29, 0.717) is 0 Å². The molecule has 0 spiro atoms. The van der Waals surface area contributed by atoms with Crippen molar-refractivity contribution in [1.29, 1.82) is 0 Å². The zero-order chi connectivity index (χ0) is 9.97. The molecule has 1 N–H and O–H groups in total. The number of nitrogens with zero attached hydrogens (tertiary/aromatic N) is 3. The van der Waals surface area contributed by atoms with Crippen LogP contribution in [0.5, 0.6) is 0 Å². The summed E-state index contributed by atoms with van der Waals surface area (Å²) in [7, 11) is 0. The molecule has 14 heavy (non-hydrogen) atoms. The first kappa shape index (κ1) is 9.05. The number of amides is 2. The van der Waals surface area contributed by atoms with Crippen molar-refractivity contribution < 1.29 is 4.79 Å². The highest BCUT2D eigenvalue weighted by Gasteiger charge is 2.24. The normalized spacial score (nSPS) is 18.4. The average molecular weight is 194 g/mol. The van der Waals surface area contributed by atoms with Crippen LogP contribution in [0.3, 0.4) is 0 Å². The lowest BCUT2D eigenvalue weighted by atomic mass is 10.3. The summed E-state index contributed by atoms with van der Waals surface area (Å²) in [6.07, 6.45) is 3.65. The van der Waals surface area contributed by atoms with E-state index in [9.17, 15) is 4.79 Å². The smallest absolute Gasteiger partial charge is 0.317 e. The maximum atomic E-state index is 11.3. The molecule has 1 atom stereocenters. The third kappa shape index (κ3) is 1.71. The Balaban J connectivity index is 1.95. The fourth-order valence-corrected chi connectivity index (χ4v) is 1.68. The van der Waals surface area contributed by atoms with Gasteiger partial charge in [-0.1, -0.05) is 0 Å². The quantitative estimate of drug-likeness (QED) is 0.752. The van der Waals surface area contributed by atoms with Crippen LogP contribution in [-0.2, 0) is 6.54 Å². The first-order chi connectivity index (χ1) is 6.77. The van der Waals surface area contributed by atoms with Gasteiger partial charge in [0.25, 0.3) is 0 Å². The van der Waals surface area contributed by atoms with Gasteiger partial charge in [0.05, 0.1) is 12.6 Å². The molecule has 1 aromatic rings. The molecule has 1 unspecified atom stereocenters. The fourth-order valence-electron chi connectivity index (χ4n) is 1.68. The second-order valence-corrected chi connectivity index (χ2v) is 3.50. The van der Waals surface area contributed by atoms with Gasteiger partial charge in [0, 0.05) is 25.5 Å². The lowest BCUT2D eigenvalue weighted by molar-refractivity contribution is 0.194. The molecule has 1 saturated heterocycles. The Morgan fingerprint density at radius 3 is 3.14 bits per heavy atom. The van der Waals surface area contributed by atoms with E-state index in [4.69, 9.17) is 0 Å². The molecular weight excluding hydrogens is 180 g/mol. The number of rotatable bonds is 3. The van der Waals surface area contributed by atoms with E-state index in [2.05, 4.69) is 10.4 Å². The number of hydrogen-bond donors (Lipinski definition) is 1. The maximum absolute atomic E-state index is 11.3. The van der Waals surface area contributed by atoms with Crippen molar-refractivity contribution in [1.82, 2.24) is 20.0 Å².